The molecule has 176 valence electrons. The number of rotatable bonds is 4. The maximum atomic E-state index is 13.3. The van der Waals surface area contributed by atoms with Gasteiger partial charge >= 0.3 is 12.0 Å². The molecule has 4 rings (SSSR count). The van der Waals surface area contributed by atoms with Gasteiger partial charge in [0.1, 0.15) is 0 Å². The zero-order valence-electron chi connectivity index (χ0n) is 19.4. The Kier molecular flexibility index (Phi) is 6.52. The Bertz CT molecular complexity index is 1290. The number of primary amides is 1. The lowest BCUT2D eigenvalue weighted by molar-refractivity contribution is -0.123. The summed E-state index contributed by atoms with van der Waals surface area (Å²) in [6.07, 6.45) is 3.66. The number of benzene rings is 1. The normalized spacial score (nSPS) is 16.8. The number of nitrogens with zero attached hydrogens (tertiary/aromatic N) is 1. The predicted molar refractivity (Wildman–Crippen MR) is 133 cm³/mol. The number of carbonyl (C=O) groups excluding carboxylic acids is 3. The summed E-state index contributed by atoms with van der Waals surface area (Å²) < 4.78 is 5.32. The van der Waals surface area contributed by atoms with E-state index in [4.69, 9.17) is 15.5 Å². The number of esters is 1. The van der Waals surface area contributed by atoms with Gasteiger partial charge in [-0.05, 0) is 58.9 Å². The second-order valence-electron chi connectivity index (χ2n) is 9.48. The number of amides is 3. The fraction of sp³-hybridized carbons (Fsp3) is 0.308. The van der Waals surface area contributed by atoms with Gasteiger partial charge in [-0.25, -0.2) is 14.6 Å². The predicted octanol–water partition coefficient (Wildman–Crippen LogP) is 4.80. The Hall–Kier alpha value is -3.52. The first-order valence-corrected chi connectivity index (χ1v) is 11.9. The molecule has 8 heteroatoms. The van der Waals surface area contributed by atoms with Gasteiger partial charge in [-0.2, -0.15) is 0 Å². The number of hydrogen-bond donors (Lipinski definition) is 2. The van der Waals surface area contributed by atoms with E-state index in [9.17, 15) is 14.4 Å². The molecule has 2 aromatic heterocycles. The summed E-state index contributed by atoms with van der Waals surface area (Å²) in [5.74, 6) is -1.13. The number of carbonyl (C=O) groups is 3. The summed E-state index contributed by atoms with van der Waals surface area (Å²) >= 11 is 1.65. The first-order valence-electron chi connectivity index (χ1n) is 11.1. The molecule has 0 saturated heterocycles. The van der Waals surface area contributed by atoms with Crippen LogP contribution < -0.4 is 11.1 Å². The maximum Gasteiger partial charge on any atom is 0.339 e. The van der Waals surface area contributed by atoms with Crippen LogP contribution in [0.25, 0.3) is 22.6 Å². The number of para-hydroxylation sites is 1. The van der Waals surface area contributed by atoms with Crippen LogP contribution in [0.4, 0.5) is 4.79 Å². The minimum atomic E-state index is -0.996. The van der Waals surface area contributed by atoms with Crippen LogP contribution in [-0.4, -0.2) is 29.5 Å². The quantitative estimate of drug-likeness (QED) is 0.525. The van der Waals surface area contributed by atoms with Gasteiger partial charge in [-0.15, -0.1) is 11.3 Å². The topological polar surface area (TPSA) is 111 Å². The molecule has 3 amide bonds. The highest BCUT2D eigenvalue weighted by Gasteiger charge is 2.35. The van der Waals surface area contributed by atoms with Gasteiger partial charge in [0.2, 0.25) is 0 Å². The number of allylic oxidation sites excluding steroid dienone is 1. The largest absolute Gasteiger partial charge is 0.452 e. The molecule has 0 bridgehead atoms. The molecule has 0 fully saturated rings. The maximum absolute atomic E-state index is 13.3. The van der Waals surface area contributed by atoms with Crippen LogP contribution in [0.2, 0.25) is 0 Å². The first kappa shape index (κ1) is 23.6. The molecular formula is C26H27N3O4S. The van der Waals surface area contributed by atoms with Gasteiger partial charge in [0.25, 0.3) is 5.91 Å². The minimum Gasteiger partial charge on any atom is -0.452 e. The van der Waals surface area contributed by atoms with E-state index in [0.29, 0.717) is 22.9 Å². The second kappa shape index (κ2) is 9.38. The highest BCUT2D eigenvalue weighted by atomic mass is 32.1. The summed E-state index contributed by atoms with van der Waals surface area (Å²) in [7, 11) is 0. The van der Waals surface area contributed by atoms with E-state index in [1.807, 2.05) is 41.0 Å². The summed E-state index contributed by atoms with van der Waals surface area (Å²) in [5.41, 5.74) is 8.77. The molecule has 1 aliphatic rings. The smallest absolute Gasteiger partial charge is 0.339 e. The summed E-state index contributed by atoms with van der Waals surface area (Å²) in [6.45, 7) is 6.00. The van der Waals surface area contributed by atoms with Crippen molar-refractivity contribution >= 4 is 51.8 Å². The fourth-order valence-corrected chi connectivity index (χ4v) is 4.97. The van der Waals surface area contributed by atoms with E-state index in [2.05, 4.69) is 32.9 Å². The number of urea groups is 1. The van der Waals surface area contributed by atoms with Crippen LogP contribution in [0, 0.1) is 11.3 Å². The molecule has 7 nitrogen and oxygen atoms in total. The second-order valence-corrected chi connectivity index (χ2v) is 10.5. The number of aromatic nitrogens is 1. The molecule has 0 radical (unpaired) electrons. The van der Waals surface area contributed by atoms with Crippen molar-refractivity contribution < 1.29 is 19.1 Å². The standard InChI is InChI=1S/C26H27N3O4S/c1-26(2,3)16-11-15(12-17-7-6-10-34-17)23-19(13-16)22(18-8-4-5-9-20(18)28-23)24(31)33-14-21(30)29-25(27)32/h4-10,12,16H,11,13-14H2,1-3H3,(H3,27,29,30,32)/b15-12-/t16-/m0/s1. The lowest BCUT2D eigenvalue weighted by Crippen LogP contribution is -2.38. The number of thiophene rings is 1. The molecule has 2 heterocycles. The average Bonchev–Trinajstić information content (AvgIpc) is 3.28. The number of ether oxygens (including phenoxy) is 1. The molecule has 34 heavy (non-hydrogen) atoms. The van der Waals surface area contributed by atoms with E-state index in [1.54, 1.807) is 11.3 Å². The summed E-state index contributed by atoms with van der Waals surface area (Å²) in [6, 6.07) is 10.5. The molecule has 1 atom stereocenters. The van der Waals surface area contributed by atoms with E-state index < -0.39 is 24.5 Å². The van der Waals surface area contributed by atoms with Gasteiger partial charge in [-0.3, -0.25) is 10.1 Å². The Morgan fingerprint density at radius 1 is 1.18 bits per heavy atom. The molecule has 3 aromatic rings. The Morgan fingerprint density at radius 3 is 2.62 bits per heavy atom. The van der Waals surface area contributed by atoms with E-state index in [-0.39, 0.29) is 11.3 Å². The molecule has 0 unspecified atom stereocenters. The van der Waals surface area contributed by atoms with Crippen LogP contribution in [-0.2, 0) is 16.0 Å². The van der Waals surface area contributed by atoms with Crippen LogP contribution in [0.1, 0.15) is 53.7 Å². The van der Waals surface area contributed by atoms with E-state index in [1.165, 1.54) is 0 Å². The van der Waals surface area contributed by atoms with Crippen molar-refractivity contribution in [3.63, 3.8) is 0 Å². The lowest BCUT2D eigenvalue weighted by atomic mass is 9.69. The van der Waals surface area contributed by atoms with Crippen molar-refractivity contribution in [2.24, 2.45) is 17.1 Å². The number of nitrogens with two attached hydrogens (primary N) is 1. The first-order chi connectivity index (χ1) is 16.1. The van der Waals surface area contributed by atoms with Crippen LogP contribution >= 0.6 is 11.3 Å². The lowest BCUT2D eigenvalue weighted by Gasteiger charge is -2.36. The zero-order chi connectivity index (χ0) is 24.5. The third-order valence-corrected chi connectivity index (χ3v) is 6.92. The van der Waals surface area contributed by atoms with Gasteiger partial charge in [-0.1, -0.05) is 45.0 Å². The summed E-state index contributed by atoms with van der Waals surface area (Å²) in [4.78, 5) is 42.2. The Balaban J connectivity index is 1.85. The molecule has 0 saturated carbocycles. The van der Waals surface area contributed by atoms with Gasteiger partial charge < -0.3 is 10.5 Å². The highest BCUT2D eigenvalue weighted by molar-refractivity contribution is 7.10. The van der Waals surface area contributed by atoms with Crippen molar-refractivity contribution in [1.29, 1.82) is 0 Å². The van der Waals surface area contributed by atoms with Crippen LogP contribution in [0.15, 0.2) is 41.8 Å². The molecule has 1 aliphatic carbocycles. The number of fused-ring (bicyclic) bond motifs is 2. The number of hydrogen-bond acceptors (Lipinski definition) is 6. The van der Waals surface area contributed by atoms with Crippen molar-refractivity contribution in [2.75, 3.05) is 6.61 Å². The van der Waals surface area contributed by atoms with Crippen LogP contribution in [0.5, 0.6) is 0 Å². The molecule has 0 spiro atoms. The van der Waals surface area contributed by atoms with E-state index >= 15 is 0 Å². The SMILES string of the molecule is CC(C)(C)[C@H]1C/C(=C/c2cccs2)c2nc3ccccc3c(C(=O)OCC(=O)NC(N)=O)c2C1. The molecule has 0 aliphatic heterocycles. The zero-order valence-corrected chi connectivity index (χ0v) is 20.2. The van der Waals surface area contributed by atoms with Crippen molar-refractivity contribution in [1.82, 2.24) is 10.3 Å². The van der Waals surface area contributed by atoms with Crippen molar-refractivity contribution in [2.45, 2.75) is 33.6 Å². The Morgan fingerprint density at radius 2 is 1.94 bits per heavy atom. The molecule has 1 aromatic carbocycles. The van der Waals surface area contributed by atoms with Crippen LogP contribution in [0.3, 0.4) is 0 Å². The average molecular weight is 478 g/mol. The molecule has 3 N–H and O–H groups in total. The van der Waals surface area contributed by atoms with E-state index in [0.717, 1.165) is 28.1 Å². The third-order valence-electron chi connectivity index (χ3n) is 6.10. The number of pyridine rings is 1. The monoisotopic (exact) mass is 477 g/mol. The summed E-state index contributed by atoms with van der Waals surface area (Å²) in [5, 5.41) is 4.62. The van der Waals surface area contributed by atoms with Gasteiger partial charge in [0.05, 0.1) is 16.8 Å². The van der Waals surface area contributed by atoms with Gasteiger partial charge in [0.15, 0.2) is 6.61 Å². The van der Waals surface area contributed by atoms with Crippen molar-refractivity contribution in [3.8, 4) is 0 Å². The van der Waals surface area contributed by atoms with Gasteiger partial charge in [0, 0.05) is 10.3 Å². The fourth-order valence-electron chi connectivity index (χ4n) is 4.29. The minimum absolute atomic E-state index is 0.000420. The van der Waals surface area contributed by atoms with Crippen molar-refractivity contribution in [3.05, 3.63) is 63.5 Å². The Labute approximate surface area is 202 Å². The number of imide groups is 1. The molecular weight excluding hydrogens is 450 g/mol. The highest BCUT2D eigenvalue weighted by Crippen LogP contribution is 2.45. The number of nitrogens with one attached hydrogen (secondary N) is 1. The third kappa shape index (κ3) is 5.02.